The van der Waals surface area contributed by atoms with E-state index >= 15 is 0 Å². The Labute approximate surface area is 166 Å². The quantitative estimate of drug-likeness (QED) is 0.627. The zero-order valence-corrected chi connectivity index (χ0v) is 17.7. The third-order valence-electron chi connectivity index (χ3n) is 4.14. The lowest BCUT2D eigenvalue weighted by atomic mass is 10.0. The smallest absolute Gasteiger partial charge is 0.136 e. The van der Waals surface area contributed by atoms with E-state index in [2.05, 4.69) is 4.72 Å². The molecule has 0 saturated heterocycles. The van der Waals surface area contributed by atoms with Crippen LogP contribution in [0.1, 0.15) is 51.8 Å². The topological polar surface area (TPSA) is 53.5 Å². The largest absolute Gasteiger partial charge is 0.598 e. The summed E-state index contributed by atoms with van der Waals surface area (Å²) in [6.45, 7) is 11.0. The Morgan fingerprint density at radius 2 is 1.78 bits per heavy atom. The Morgan fingerprint density at radius 1 is 1.07 bits per heavy atom. The molecule has 0 bridgehead atoms. The molecule has 0 spiro atoms. The lowest BCUT2D eigenvalue weighted by molar-refractivity contribution is 0.0317. The Bertz CT molecular complexity index is 687. The Hall–Kier alpha value is -1.53. The van der Waals surface area contributed by atoms with Gasteiger partial charge in [-0.05, 0) is 57.9 Å². The van der Waals surface area contributed by atoms with Crippen LogP contribution >= 0.6 is 0 Å². The number of hydrogen-bond donors (Lipinski definition) is 1. The predicted octanol–water partition coefficient (Wildman–Crippen LogP) is 4.78. The third kappa shape index (κ3) is 6.85. The van der Waals surface area contributed by atoms with E-state index in [1.807, 2.05) is 89.2 Å². The van der Waals surface area contributed by atoms with Gasteiger partial charge < -0.3 is 14.0 Å². The summed E-state index contributed by atoms with van der Waals surface area (Å²) in [7, 11) is 0. The second-order valence-corrected chi connectivity index (χ2v) is 9.48. The molecular formula is C22H31NO3S. The van der Waals surface area contributed by atoms with Crippen molar-refractivity contribution in [3.05, 3.63) is 65.7 Å². The van der Waals surface area contributed by atoms with Gasteiger partial charge in [0.25, 0.3) is 0 Å². The molecule has 2 aromatic carbocycles. The maximum atomic E-state index is 12.8. The lowest BCUT2D eigenvalue weighted by Gasteiger charge is -2.31. The van der Waals surface area contributed by atoms with E-state index in [1.54, 1.807) is 0 Å². The minimum Gasteiger partial charge on any atom is -0.598 e. The Kier molecular flexibility index (Phi) is 8.17. The van der Waals surface area contributed by atoms with Crippen molar-refractivity contribution in [2.24, 2.45) is 0 Å². The van der Waals surface area contributed by atoms with Gasteiger partial charge in [0.1, 0.15) is 16.5 Å². The lowest BCUT2D eigenvalue weighted by Crippen LogP contribution is -2.44. The molecular weight excluding hydrogens is 358 g/mol. The fourth-order valence-corrected chi connectivity index (χ4v) is 3.50. The molecule has 3 unspecified atom stereocenters. The molecule has 0 fully saturated rings. The van der Waals surface area contributed by atoms with E-state index in [0.717, 1.165) is 16.9 Å². The highest BCUT2D eigenvalue weighted by molar-refractivity contribution is 7.90. The average Bonchev–Trinajstić information content (AvgIpc) is 2.64. The number of hydrogen-bond acceptors (Lipinski definition) is 4. The van der Waals surface area contributed by atoms with Gasteiger partial charge in [-0.2, -0.15) is 0 Å². The van der Waals surface area contributed by atoms with Crippen molar-refractivity contribution >= 4 is 11.4 Å². The Morgan fingerprint density at radius 3 is 2.41 bits per heavy atom. The van der Waals surface area contributed by atoms with Crippen molar-refractivity contribution in [2.75, 3.05) is 6.61 Å². The first-order chi connectivity index (χ1) is 12.8. The first-order valence-electron chi connectivity index (χ1n) is 9.37. The number of ether oxygens (including phenoxy) is 2. The summed E-state index contributed by atoms with van der Waals surface area (Å²) in [5.41, 5.74) is 2.11. The molecule has 2 rings (SSSR count). The molecule has 148 valence electrons. The highest BCUT2D eigenvalue weighted by atomic mass is 32.2. The monoisotopic (exact) mass is 389 g/mol. The molecule has 27 heavy (non-hydrogen) atoms. The maximum Gasteiger partial charge on any atom is 0.136 e. The number of nitrogens with one attached hydrogen (secondary N) is 1. The summed E-state index contributed by atoms with van der Waals surface area (Å²) < 4.78 is 27.4. The molecule has 5 heteroatoms. The van der Waals surface area contributed by atoms with Crippen molar-refractivity contribution in [3.8, 4) is 5.75 Å². The minimum absolute atomic E-state index is 0.173. The van der Waals surface area contributed by atoms with Crippen LogP contribution in [0.3, 0.4) is 0 Å². The molecule has 2 aromatic rings. The van der Waals surface area contributed by atoms with E-state index in [0.29, 0.717) is 13.2 Å². The molecule has 3 atom stereocenters. The first kappa shape index (κ1) is 21.8. The van der Waals surface area contributed by atoms with Crippen LogP contribution in [-0.4, -0.2) is 22.0 Å². The molecule has 1 N–H and O–H groups in total. The van der Waals surface area contributed by atoms with Gasteiger partial charge >= 0.3 is 0 Å². The van der Waals surface area contributed by atoms with Crippen LogP contribution < -0.4 is 9.46 Å². The van der Waals surface area contributed by atoms with Crippen LogP contribution in [0.25, 0.3) is 0 Å². The molecule has 0 aliphatic heterocycles. The zero-order valence-electron chi connectivity index (χ0n) is 16.9. The van der Waals surface area contributed by atoms with Crippen LogP contribution in [0.2, 0.25) is 0 Å². The normalized spacial score (nSPS) is 15.2. The van der Waals surface area contributed by atoms with Gasteiger partial charge in [0.15, 0.2) is 0 Å². The minimum atomic E-state index is -1.22. The van der Waals surface area contributed by atoms with Crippen LogP contribution in [0.5, 0.6) is 5.75 Å². The van der Waals surface area contributed by atoms with Crippen LogP contribution in [-0.2, 0) is 22.7 Å². The molecule has 0 aromatic heterocycles. The summed E-state index contributed by atoms with van der Waals surface area (Å²) in [4.78, 5) is 0. The first-order valence-corrected chi connectivity index (χ1v) is 10.5. The fourth-order valence-electron chi connectivity index (χ4n) is 2.59. The Balaban J connectivity index is 2.19. The molecule has 0 amide bonds. The molecule has 4 nitrogen and oxygen atoms in total. The number of rotatable bonds is 9. The van der Waals surface area contributed by atoms with Gasteiger partial charge in [-0.1, -0.05) is 42.5 Å². The van der Waals surface area contributed by atoms with Crippen LogP contribution in [0.15, 0.2) is 54.6 Å². The van der Waals surface area contributed by atoms with Gasteiger partial charge in [0.05, 0.1) is 19.3 Å². The van der Waals surface area contributed by atoms with E-state index in [-0.39, 0.29) is 16.9 Å². The van der Waals surface area contributed by atoms with Gasteiger partial charge in [-0.3, -0.25) is 0 Å². The van der Waals surface area contributed by atoms with Crippen molar-refractivity contribution in [1.29, 1.82) is 0 Å². The molecule has 0 aliphatic carbocycles. The average molecular weight is 390 g/mol. The summed E-state index contributed by atoms with van der Waals surface area (Å²) in [6.07, 6.45) is -0.173. The van der Waals surface area contributed by atoms with Gasteiger partial charge in [0.2, 0.25) is 0 Å². The van der Waals surface area contributed by atoms with E-state index < -0.39 is 11.4 Å². The van der Waals surface area contributed by atoms with Gasteiger partial charge in [-0.25, -0.2) is 0 Å². The van der Waals surface area contributed by atoms with Crippen LogP contribution in [0, 0.1) is 0 Å². The summed E-state index contributed by atoms with van der Waals surface area (Å²) in [5.74, 6) is 0.804. The second kappa shape index (κ2) is 10.1. The fraction of sp³-hybridized carbons (Fsp3) is 0.455. The SMILES string of the molecule is CCOc1cccc(C(N[S+]([O-])C(C)(C)C)C(C)OCc2ccccc2)c1. The maximum absolute atomic E-state index is 12.8. The summed E-state index contributed by atoms with van der Waals surface area (Å²) in [6, 6.07) is 17.7. The van der Waals surface area contributed by atoms with Gasteiger partial charge in [-0.15, -0.1) is 4.72 Å². The van der Waals surface area contributed by atoms with Crippen molar-refractivity contribution in [3.63, 3.8) is 0 Å². The van der Waals surface area contributed by atoms with Crippen molar-refractivity contribution in [2.45, 2.75) is 58.1 Å². The zero-order chi connectivity index (χ0) is 19.9. The predicted molar refractivity (Wildman–Crippen MR) is 112 cm³/mol. The molecule has 0 aliphatic rings. The van der Waals surface area contributed by atoms with Crippen molar-refractivity contribution in [1.82, 2.24) is 4.72 Å². The highest BCUT2D eigenvalue weighted by Gasteiger charge is 2.32. The third-order valence-corrected chi connectivity index (χ3v) is 5.72. The molecule has 0 radical (unpaired) electrons. The molecule has 0 heterocycles. The highest BCUT2D eigenvalue weighted by Crippen LogP contribution is 2.27. The summed E-state index contributed by atoms with van der Waals surface area (Å²) in [5, 5.41) is 0. The van der Waals surface area contributed by atoms with Crippen molar-refractivity contribution < 1.29 is 14.0 Å². The van der Waals surface area contributed by atoms with E-state index in [4.69, 9.17) is 9.47 Å². The number of benzene rings is 2. The van der Waals surface area contributed by atoms with Crippen LogP contribution in [0.4, 0.5) is 0 Å². The summed E-state index contributed by atoms with van der Waals surface area (Å²) >= 11 is -1.22. The molecule has 0 saturated carbocycles. The second-order valence-electron chi connectivity index (χ2n) is 7.48. The van der Waals surface area contributed by atoms with E-state index in [9.17, 15) is 4.55 Å². The van der Waals surface area contributed by atoms with E-state index in [1.165, 1.54) is 0 Å². The standard InChI is InChI=1S/C22H31NO3S/c1-6-25-20-14-10-13-19(15-20)21(23-27(24)22(3,4)5)17(2)26-16-18-11-8-7-9-12-18/h7-15,17,21,23H,6,16H2,1-5H3. The van der Waals surface area contributed by atoms with Gasteiger partial charge in [0, 0.05) is 11.4 Å².